The van der Waals surface area contributed by atoms with Gasteiger partial charge in [-0.2, -0.15) is 0 Å². The van der Waals surface area contributed by atoms with E-state index >= 15 is 0 Å². The van der Waals surface area contributed by atoms with Gasteiger partial charge in [0.2, 0.25) is 0 Å². The first-order valence-corrected chi connectivity index (χ1v) is 12.0. The number of rotatable bonds is 5. The molecule has 0 bridgehead atoms. The molecule has 1 aliphatic carbocycles. The molecule has 2 aromatic carbocycles. The fourth-order valence-corrected chi connectivity index (χ4v) is 5.05. The fraction of sp³-hybridized carbons (Fsp3) is 0.320. The minimum atomic E-state index is -0.554. The zero-order valence-corrected chi connectivity index (χ0v) is 20.0. The van der Waals surface area contributed by atoms with Crippen LogP contribution in [0.5, 0.6) is 0 Å². The third-order valence-corrected chi connectivity index (χ3v) is 6.69. The van der Waals surface area contributed by atoms with Gasteiger partial charge < -0.3 is 15.1 Å². The van der Waals surface area contributed by atoms with Gasteiger partial charge in [-0.15, -0.1) is 4.73 Å². The Hall–Kier alpha value is -2.97. The van der Waals surface area contributed by atoms with Crippen molar-refractivity contribution < 1.29 is 9.63 Å². The molecule has 2 aromatic heterocycles. The van der Waals surface area contributed by atoms with E-state index in [0.29, 0.717) is 23.1 Å². The molecule has 0 fully saturated rings. The second kappa shape index (κ2) is 8.76. The lowest BCUT2D eigenvalue weighted by Gasteiger charge is -2.18. The van der Waals surface area contributed by atoms with Crippen LogP contribution >= 0.6 is 15.9 Å². The van der Waals surface area contributed by atoms with E-state index in [9.17, 15) is 9.59 Å². The fourth-order valence-electron chi connectivity index (χ4n) is 4.69. The number of halogens is 1. The maximum absolute atomic E-state index is 13.6. The molecule has 0 unspecified atom stereocenters. The monoisotopic (exact) mass is 508 g/mol. The van der Waals surface area contributed by atoms with Crippen molar-refractivity contribution in [1.29, 1.82) is 0 Å². The lowest BCUT2D eigenvalue weighted by molar-refractivity contribution is -0.141. The van der Waals surface area contributed by atoms with Crippen LogP contribution < -0.4 is 16.1 Å². The molecule has 0 aliphatic heterocycles. The number of hydrogen-bond donors (Lipinski definition) is 1. The van der Waals surface area contributed by atoms with Crippen LogP contribution in [0.4, 0.5) is 0 Å². The Labute approximate surface area is 199 Å². The predicted molar refractivity (Wildman–Crippen MR) is 132 cm³/mol. The van der Waals surface area contributed by atoms with Gasteiger partial charge in [-0.3, -0.25) is 4.79 Å². The molecule has 0 saturated carbocycles. The molecule has 0 radical (unpaired) electrons. The molecule has 7 nitrogen and oxygen atoms in total. The molecular formula is C25H25BrN4O3. The van der Waals surface area contributed by atoms with Crippen LogP contribution in [0.15, 0.2) is 45.8 Å². The van der Waals surface area contributed by atoms with Gasteiger partial charge in [0.25, 0.3) is 0 Å². The highest BCUT2D eigenvalue weighted by Crippen LogP contribution is 2.32. The van der Waals surface area contributed by atoms with Crippen LogP contribution in [0.25, 0.3) is 33.2 Å². The first-order chi connectivity index (χ1) is 16.0. The molecule has 2 N–H and O–H groups in total. The number of aromatic nitrogens is 3. The summed E-state index contributed by atoms with van der Waals surface area (Å²) in [5, 5.41) is 0.901. The Morgan fingerprint density at radius 1 is 1.15 bits per heavy atom. The van der Waals surface area contributed by atoms with Crippen LogP contribution in [-0.4, -0.2) is 26.8 Å². The summed E-state index contributed by atoms with van der Waals surface area (Å²) in [5.41, 5.74) is 10.8. The zero-order chi connectivity index (χ0) is 23.1. The van der Waals surface area contributed by atoms with Gasteiger partial charge in [0.1, 0.15) is 11.2 Å². The molecule has 8 heteroatoms. The van der Waals surface area contributed by atoms with Crippen molar-refractivity contribution in [3.8, 4) is 11.3 Å². The molecule has 2 heterocycles. The maximum atomic E-state index is 13.6. The van der Waals surface area contributed by atoms with Gasteiger partial charge in [-0.25, -0.2) is 9.78 Å². The van der Waals surface area contributed by atoms with Crippen molar-refractivity contribution >= 4 is 43.8 Å². The second-order valence-electron chi connectivity index (χ2n) is 8.50. The highest BCUT2D eigenvalue weighted by atomic mass is 79.9. The Kier molecular flexibility index (Phi) is 5.80. The van der Waals surface area contributed by atoms with Gasteiger partial charge in [0.05, 0.1) is 5.52 Å². The Bertz CT molecular complexity index is 1450. The maximum Gasteiger partial charge on any atom is 0.330 e. The lowest BCUT2D eigenvalue weighted by Crippen LogP contribution is -2.32. The molecule has 4 aromatic rings. The number of hydrogen-bond acceptors (Lipinski definition) is 5. The average Bonchev–Trinajstić information content (AvgIpc) is 3.15. The van der Waals surface area contributed by atoms with Crippen molar-refractivity contribution in [2.75, 3.05) is 6.54 Å². The SMILES string of the molecule is CC(=O)On1c(=O)c(-c2cn(CCCN)c3ccc(Br)cc23)nc2cc3c(cc21)CCCC3. The summed E-state index contributed by atoms with van der Waals surface area (Å²) in [4.78, 5) is 35.7. The van der Waals surface area contributed by atoms with Crippen LogP contribution in [-0.2, 0) is 24.2 Å². The number of fused-ring (bicyclic) bond motifs is 3. The Balaban J connectivity index is 1.80. The third-order valence-electron chi connectivity index (χ3n) is 6.20. The summed E-state index contributed by atoms with van der Waals surface area (Å²) < 4.78 is 4.11. The van der Waals surface area contributed by atoms with Gasteiger partial charge in [0.15, 0.2) is 0 Å². The number of aryl methyl sites for hydroxylation is 3. The highest BCUT2D eigenvalue weighted by Gasteiger charge is 2.21. The van der Waals surface area contributed by atoms with Crippen molar-refractivity contribution in [3.63, 3.8) is 0 Å². The normalized spacial score (nSPS) is 13.4. The number of nitrogens with zero attached hydrogens (tertiary/aromatic N) is 3. The van der Waals surface area contributed by atoms with Crippen LogP contribution in [0.1, 0.15) is 37.3 Å². The molecule has 0 saturated heterocycles. The predicted octanol–water partition coefficient (Wildman–Crippen LogP) is 3.98. The lowest BCUT2D eigenvalue weighted by atomic mass is 9.91. The van der Waals surface area contributed by atoms with Gasteiger partial charge in [-0.1, -0.05) is 15.9 Å². The average molecular weight is 509 g/mol. The van der Waals surface area contributed by atoms with E-state index in [4.69, 9.17) is 15.6 Å². The summed E-state index contributed by atoms with van der Waals surface area (Å²) in [7, 11) is 0. The zero-order valence-electron chi connectivity index (χ0n) is 18.4. The van der Waals surface area contributed by atoms with Gasteiger partial charge in [-0.05, 0) is 80.1 Å². The number of carbonyl (C=O) groups excluding carboxylic acids is 1. The van der Waals surface area contributed by atoms with E-state index in [-0.39, 0.29) is 5.69 Å². The van der Waals surface area contributed by atoms with Gasteiger partial charge in [0, 0.05) is 40.6 Å². The molecule has 0 spiro atoms. The quantitative estimate of drug-likeness (QED) is 0.440. The van der Waals surface area contributed by atoms with Crippen LogP contribution in [0.2, 0.25) is 0 Å². The van der Waals surface area contributed by atoms with E-state index in [1.165, 1.54) is 18.1 Å². The molecule has 1 aliphatic rings. The largest absolute Gasteiger partial charge is 0.347 e. The molecule has 170 valence electrons. The van der Waals surface area contributed by atoms with E-state index in [0.717, 1.165) is 58.8 Å². The summed E-state index contributed by atoms with van der Waals surface area (Å²) in [5.74, 6) is -0.554. The molecule has 0 amide bonds. The van der Waals surface area contributed by atoms with E-state index < -0.39 is 11.5 Å². The molecular weight excluding hydrogens is 484 g/mol. The minimum absolute atomic E-state index is 0.258. The third kappa shape index (κ3) is 3.98. The summed E-state index contributed by atoms with van der Waals surface area (Å²) in [6.07, 6.45) is 6.94. The topological polar surface area (TPSA) is 92.1 Å². The van der Waals surface area contributed by atoms with Gasteiger partial charge >= 0.3 is 11.5 Å². The van der Waals surface area contributed by atoms with E-state index in [1.807, 2.05) is 36.5 Å². The summed E-state index contributed by atoms with van der Waals surface area (Å²) in [6.45, 7) is 2.60. The van der Waals surface area contributed by atoms with Crippen LogP contribution in [0, 0.1) is 0 Å². The number of carbonyl (C=O) groups is 1. The number of nitrogens with two attached hydrogens (primary N) is 1. The first kappa shape index (κ1) is 21.9. The minimum Gasteiger partial charge on any atom is -0.347 e. The number of benzene rings is 2. The van der Waals surface area contributed by atoms with Crippen molar-refractivity contribution in [3.05, 3.63) is 62.5 Å². The van der Waals surface area contributed by atoms with Crippen LogP contribution in [0.3, 0.4) is 0 Å². The standard InChI is InChI=1S/C25H25BrN4O3/c1-15(31)33-30-23-12-17-6-3-2-5-16(17)11-21(23)28-24(25(30)32)20-14-29(10-4-9-27)22-8-7-18(26)13-19(20)22/h7-8,11-14H,2-6,9-10,27H2,1H3. The van der Waals surface area contributed by atoms with E-state index in [2.05, 4.69) is 20.5 Å². The molecule has 5 rings (SSSR count). The highest BCUT2D eigenvalue weighted by molar-refractivity contribution is 9.10. The smallest absolute Gasteiger partial charge is 0.330 e. The molecule has 0 atom stereocenters. The summed E-state index contributed by atoms with van der Waals surface area (Å²) >= 11 is 3.55. The van der Waals surface area contributed by atoms with Crippen molar-refractivity contribution in [1.82, 2.24) is 14.3 Å². The Morgan fingerprint density at radius 3 is 2.64 bits per heavy atom. The molecule has 33 heavy (non-hydrogen) atoms. The Morgan fingerprint density at radius 2 is 1.91 bits per heavy atom. The summed E-state index contributed by atoms with van der Waals surface area (Å²) in [6, 6.07) is 9.96. The van der Waals surface area contributed by atoms with Crippen molar-refractivity contribution in [2.24, 2.45) is 5.73 Å². The first-order valence-electron chi connectivity index (χ1n) is 11.2. The van der Waals surface area contributed by atoms with E-state index in [1.54, 1.807) is 0 Å². The second-order valence-corrected chi connectivity index (χ2v) is 9.42. The van der Waals surface area contributed by atoms with Crippen molar-refractivity contribution in [2.45, 2.75) is 45.6 Å².